The van der Waals surface area contributed by atoms with Crippen LogP contribution in [-0.2, 0) is 10.3 Å². The van der Waals surface area contributed by atoms with Gasteiger partial charge in [-0.15, -0.1) is 5.10 Å². The molecule has 1 aliphatic rings. The first-order chi connectivity index (χ1) is 7.15. The molecule has 2 atom stereocenters. The molecule has 2 rings (SSSR count). The zero-order valence-corrected chi connectivity index (χ0v) is 8.63. The lowest BCUT2D eigenvalue weighted by Crippen LogP contribution is -2.45. The maximum Gasteiger partial charge on any atom is 0.331 e. The van der Waals surface area contributed by atoms with Crippen LogP contribution in [0.4, 0.5) is 0 Å². The Labute approximate surface area is 87.3 Å². The van der Waals surface area contributed by atoms with Gasteiger partial charge in [0.05, 0.1) is 0 Å². The lowest BCUT2D eigenvalue weighted by Gasteiger charge is -2.35. The summed E-state index contributed by atoms with van der Waals surface area (Å²) in [5.41, 5.74) is -0.929. The summed E-state index contributed by atoms with van der Waals surface area (Å²) in [4.78, 5) is 11.4. The molecular formula is C9H14N4O2. The Balaban J connectivity index is 2.36. The van der Waals surface area contributed by atoms with Crippen molar-refractivity contribution in [2.45, 2.75) is 38.1 Å². The molecule has 1 heterocycles. The summed E-state index contributed by atoms with van der Waals surface area (Å²) >= 11 is 0. The minimum atomic E-state index is -0.929. The van der Waals surface area contributed by atoms with Gasteiger partial charge in [0, 0.05) is 0 Å². The van der Waals surface area contributed by atoms with E-state index in [0.29, 0.717) is 18.8 Å². The Morgan fingerprint density at radius 2 is 2.47 bits per heavy atom. The molecular weight excluding hydrogens is 196 g/mol. The SMILES string of the molecule is CC1CCCC(C(=O)O)(n2cnnn2)C1. The summed E-state index contributed by atoms with van der Waals surface area (Å²) in [6.07, 6.45) is 4.60. The monoisotopic (exact) mass is 210 g/mol. The van der Waals surface area contributed by atoms with Gasteiger partial charge < -0.3 is 5.11 Å². The average molecular weight is 210 g/mol. The van der Waals surface area contributed by atoms with Crippen LogP contribution in [0.2, 0.25) is 0 Å². The molecule has 1 aliphatic carbocycles. The van der Waals surface area contributed by atoms with E-state index in [9.17, 15) is 9.90 Å². The Morgan fingerprint density at radius 1 is 1.67 bits per heavy atom. The minimum Gasteiger partial charge on any atom is -0.479 e. The zero-order valence-electron chi connectivity index (χ0n) is 8.63. The van der Waals surface area contributed by atoms with Gasteiger partial charge in [-0.3, -0.25) is 0 Å². The van der Waals surface area contributed by atoms with Crippen LogP contribution in [0, 0.1) is 5.92 Å². The van der Waals surface area contributed by atoms with E-state index in [1.165, 1.54) is 11.0 Å². The molecule has 0 saturated heterocycles. The van der Waals surface area contributed by atoms with Crippen molar-refractivity contribution in [2.75, 3.05) is 0 Å². The van der Waals surface area contributed by atoms with Crippen LogP contribution < -0.4 is 0 Å². The number of rotatable bonds is 2. The average Bonchev–Trinajstić information content (AvgIpc) is 2.70. The summed E-state index contributed by atoms with van der Waals surface area (Å²) in [5.74, 6) is -0.430. The lowest BCUT2D eigenvalue weighted by molar-refractivity contribution is -0.151. The topological polar surface area (TPSA) is 80.9 Å². The van der Waals surface area contributed by atoms with Gasteiger partial charge in [-0.05, 0) is 29.2 Å². The van der Waals surface area contributed by atoms with E-state index in [4.69, 9.17) is 0 Å². The van der Waals surface area contributed by atoms with Gasteiger partial charge in [-0.1, -0.05) is 19.8 Å². The van der Waals surface area contributed by atoms with Crippen molar-refractivity contribution in [2.24, 2.45) is 5.92 Å². The van der Waals surface area contributed by atoms with E-state index in [1.807, 2.05) is 0 Å². The Hall–Kier alpha value is -1.46. The number of carbonyl (C=O) groups is 1. The zero-order chi connectivity index (χ0) is 10.9. The predicted octanol–water partition coefficient (Wildman–Crippen LogP) is 0.663. The number of aromatic nitrogens is 4. The van der Waals surface area contributed by atoms with E-state index >= 15 is 0 Å². The molecule has 6 heteroatoms. The van der Waals surface area contributed by atoms with Gasteiger partial charge in [0.25, 0.3) is 0 Å². The highest BCUT2D eigenvalue weighted by Gasteiger charge is 2.44. The summed E-state index contributed by atoms with van der Waals surface area (Å²) in [6.45, 7) is 2.07. The van der Waals surface area contributed by atoms with Crippen molar-refractivity contribution in [1.82, 2.24) is 20.2 Å². The molecule has 0 aliphatic heterocycles. The second-order valence-electron chi connectivity index (χ2n) is 4.29. The van der Waals surface area contributed by atoms with Crippen LogP contribution in [0.15, 0.2) is 6.33 Å². The predicted molar refractivity (Wildman–Crippen MR) is 51.1 cm³/mol. The molecule has 0 radical (unpaired) electrons. The molecule has 1 aromatic rings. The fourth-order valence-corrected chi connectivity index (χ4v) is 2.38. The maximum absolute atomic E-state index is 11.4. The first-order valence-corrected chi connectivity index (χ1v) is 5.12. The smallest absolute Gasteiger partial charge is 0.331 e. The molecule has 0 bridgehead atoms. The Morgan fingerprint density at radius 3 is 3.00 bits per heavy atom. The first-order valence-electron chi connectivity index (χ1n) is 5.12. The summed E-state index contributed by atoms with van der Waals surface area (Å²) in [6, 6.07) is 0. The molecule has 6 nitrogen and oxygen atoms in total. The fourth-order valence-electron chi connectivity index (χ4n) is 2.38. The van der Waals surface area contributed by atoms with Gasteiger partial charge in [-0.2, -0.15) is 0 Å². The first kappa shape index (κ1) is 10.1. The number of nitrogens with zero attached hydrogens (tertiary/aromatic N) is 4. The molecule has 15 heavy (non-hydrogen) atoms. The van der Waals surface area contributed by atoms with E-state index in [0.717, 1.165) is 12.8 Å². The highest BCUT2D eigenvalue weighted by molar-refractivity contribution is 5.76. The summed E-state index contributed by atoms with van der Waals surface area (Å²) < 4.78 is 1.39. The summed E-state index contributed by atoms with van der Waals surface area (Å²) in [7, 11) is 0. The highest BCUT2D eigenvalue weighted by Crippen LogP contribution is 2.37. The van der Waals surface area contributed by atoms with Crippen molar-refractivity contribution < 1.29 is 9.90 Å². The van der Waals surface area contributed by atoms with E-state index in [1.54, 1.807) is 0 Å². The van der Waals surface area contributed by atoms with Crippen molar-refractivity contribution in [3.63, 3.8) is 0 Å². The van der Waals surface area contributed by atoms with Gasteiger partial charge >= 0.3 is 5.97 Å². The number of tetrazole rings is 1. The Kier molecular flexibility index (Phi) is 2.42. The van der Waals surface area contributed by atoms with Crippen LogP contribution in [0.3, 0.4) is 0 Å². The van der Waals surface area contributed by atoms with E-state index in [2.05, 4.69) is 22.4 Å². The van der Waals surface area contributed by atoms with Gasteiger partial charge in [0.15, 0.2) is 5.54 Å². The molecule has 1 fully saturated rings. The standard InChI is InChI=1S/C9H14N4O2/c1-7-3-2-4-9(5-7,8(14)15)13-6-10-11-12-13/h6-7H,2-5H2,1H3,(H,14,15). The quantitative estimate of drug-likeness (QED) is 0.775. The minimum absolute atomic E-state index is 0.402. The molecule has 1 saturated carbocycles. The molecule has 0 aromatic carbocycles. The number of hydrogen-bond acceptors (Lipinski definition) is 4. The van der Waals surface area contributed by atoms with Crippen LogP contribution >= 0.6 is 0 Å². The third-order valence-electron chi connectivity index (χ3n) is 3.16. The third-order valence-corrected chi connectivity index (χ3v) is 3.16. The lowest BCUT2D eigenvalue weighted by atomic mass is 9.76. The van der Waals surface area contributed by atoms with Gasteiger partial charge in [0.2, 0.25) is 0 Å². The van der Waals surface area contributed by atoms with E-state index in [-0.39, 0.29) is 0 Å². The van der Waals surface area contributed by atoms with Gasteiger partial charge in [0.1, 0.15) is 6.33 Å². The van der Waals surface area contributed by atoms with Crippen LogP contribution in [0.25, 0.3) is 0 Å². The van der Waals surface area contributed by atoms with Crippen LogP contribution in [-0.4, -0.2) is 31.3 Å². The van der Waals surface area contributed by atoms with E-state index < -0.39 is 11.5 Å². The molecule has 1 aromatic heterocycles. The van der Waals surface area contributed by atoms with Crippen molar-refractivity contribution in [1.29, 1.82) is 0 Å². The van der Waals surface area contributed by atoms with Crippen LogP contribution in [0.1, 0.15) is 32.6 Å². The highest BCUT2D eigenvalue weighted by atomic mass is 16.4. The van der Waals surface area contributed by atoms with Gasteiger partial charge in [-0.25, -0.2) is 9.48 Å². The molecule has 82 valence electrons. The van der Waals surface area contributed by atoms with Crippen molar-refractivity contribution >= 4 is 5.97 Å². The second kappa shape index (κ2) is 3.60. The molecule has 0 amide bonds. The number of carboxylic acids is 1. The number of carboxylic acid groups (broad SMARTS) is 1. The fraction of sp³-hybridized carbons (Fsp3) is 0.778. The van der Waals surface area contributed by atoms with Crippen molar-refractivity contribution in [3.05, 3.63) is 6.33 Å². The Bertz CT molecular complexity index is 351. The second-order valence-corrected chi connectivity index (χ2v) is 4.29. The third kappa shape index (κ3) is 1.60. The normalized spacial score (nSPS) is 31.4. The summed E-state index contributed by atoms with van der Waals surface area (Å²) in [5, 5.41) is 20.1. The molecule has 2 unspecified atom stereocenters. The number of aliphatic carboxylic acids is 1. The number of hydrogen-bond donors (Lipinski definition) is 1. The largest absolute Gasteiger partial charge is 0.479 e. The molecule has 0 spiro atoms. The molecule has 1 N–H and O–H groups in total. The van der Waals surface area contributed by atoms with Crippen LogP contribution in [0.5, 0.6) is 0 Å². The van der Waals surface area contributed by atoms with Crippen molar-refractivity contribution in [3.8, 4) is 0 Å². The maximum atomic E-state index is 11.4.